The van der Waals surface area contributed by atoms with Crippen LogP contribution in [0.25, 0.3) is 0 Å². The Bertz CT molecular complexity index is 1010. The Morgan fingerprint density at radius 1 is 1.14 bits per heavy atom. The highest BCUT2D eigenvalue weighted by molar-refractivity contribution is 6.32. The average Bonchev–Trinajstić information content (AvgIpc) is 3.12. The molecular formula is C20H23ClFN7. The van der Waals surface area contributed by atoms with E-state index in [-0.39, 0.29) is 11.7 Å². The van der Waals surface area contributed by atoms with Crippen LogP contribution in [0.5, 0.6) is 0 Å². The van der Waals surface area contributed by atoms with Gasteiger partial charge in [-0.1, -0.05) is 11.6 Å². The lowest BCUT2D eigenvalue weighted by Gasteiger charge is -2.24. The molecule has 7 nitrogen and oxygen atoms in total. The van der Waals surface area contributed by atoms with Crippen LogP contribution in [0.3, 0.4) is 0 Å². The molecule has 2 aromatic heterocycles. The van der Waals surface area contributed by atoms with E-state index < -0.39 is 0 Å². The SMILES string of the molecule is Cc1cc(Nc2nc(Nc3cc(C4CCNCC4)c(F)cc3C)ncc2Cl)n[nH]1. The number of aromatic nitrogens is 4. The molecule has 4 N–H and O–H groups in total. The molecule has 3 aromatic rings. The molecule has 9 heteroatoms. The molecule has 1 aromatic carbocycles. The Hall–Kier alpha value is -2.71. The number of nitrogens with one attached hydrogen (secondary N) is 4. The Morgan fingerprint density at radius 3 is 2.66 bits per heavy atom. The minimum Gasteiger partial charge on any atom is -0.324 e. The first-order valence-corrected chi connectivity index (χ1v) is 9.97. The van der Waals surface area contributed by atoms with Crippen molar-refractivity contribution in [1.29, 1.82) is 0 Å². The molecule has 0 saturated carbocycles. The van der Waals surface area contributed by atoms with Gasteiger partial charge in [-0.15, -0.1) is 0 Å². The largest absolute Gasteiger partial charge is 0.324 e. The van der Waals surface area contributed by atoms with E-state index in [9.17, 15) is 4.39 Å². The Balaban J connectivity index is 1.59. The highest BCUT2D eigenvalue weighted by Gasteiger charge is 2.20. The van der Waals surface area contributed by atoms with Gasteiger partial charge in [-0.3, -0.25) is 5.10 Å². The summed E-state index contributed by atoms with van der Waals surface area (Å²) in [5.74, 6) is 1.47. The van der Waals surface area contributed by atoms with Gasteiger partial charge in [0.15, 0.2) is 11.6 Å². The summed E-state index contributed by atoms with van der Waals surface area (Å²) in [5.41, 5.74) is 3.22. The van der Waals surface area contributed by atoms with E-state index in [2.05, 4.69) is 36.1 Å². The van der Waals surface area contributed by atoms with E-state index in [1.165, 1.54) is 6.20 Å². The molecule has 0 aliphatic carbocycles. The number of aryl methyl sites for hydroxylation is 2. The average molecular weight is 416 g/mol. The van der Waals surface area contributed by atoms with Gasteiger partial charge in [0.05, 0.1) is 6.20 Å². The number of benzene rings is 1. The molecule has 1 aliphatic rings. The quantitative estimate of drug-likeness (QED) is 0.488. The minimum absolute atomic E-state index is 0.159. The van der Waals surface area contributed by atoms with E-state index in [0.29, 0.717) is 22.6 Å². The van der Waals surface area contributed by atoms with Crippen molar-refractivity contribution in [3.63, 3.8) is 0 Å². The molecule has 1 fully saturated rings. The summed E-state index contributed by atoms with van der Waals surface area (Å²) >= 11 is 6.23. The number of hydrogen-bond donors (Lipinski definition) is 4. The van der Waals surface area contributed by atoms with Gasteiger partial charge in [-0.05, 0) is 69.0 Å². The summed E-state index contributed by atoms with van der Waals surface area (Å²) in [6.45, 7) is 5.58. The van der Waals surface area contributed by atoms with Crippen molar-refractivity contribution >= 4 is 34.9 Å². The second-order valence-corrected chi connectivity index (χ2v) is 7.70. The maximum atomic E-state index is 14.6. The van der Waals surface area contributed by atoms with Crippen LogP contribution in [0.1, 0.15) is 35.6 Å². The van der Waals surface area contributed by atoms with E-state index in [4.69, 9.17) is 11.6 Å². The van der Waals surface area contributed by atoms with E-state index in [1.54, 1.807) is 6.07 Å². The molecule has 0 spiro atoms. The summed E-state index contributed by atoms with van der Waals surface area (Å²) < 4.78 is 14.6. The summed E-state index contributed by atoms with van der Waals surface area (Å²) in [5, 5.41) is 17.0. The van der Waals surface area contributed by atoms with E-state index >= 15 is 0 Å². The molecule has 0 radical (unpaired) electrons. The lowest BCUT2D eigenvalue weighted by Crippen LogP contribution is -2.27. The predicted octanol–water partition coefficient (Wildman–Crippen LogP) is 4.56. The fraction of sp³-hybridized carbons (Fsp3) is 0.350. The first-order chi connectivity index (χ1) is 14.0. The minimum atomic E-state index is -0.159. The monoisotopic (exact) mass is 415 g/mol. The number of nitrogens with zero attached hydrogens (tertiary/aromatic N) is 3. The van der Waals surface area contributed by atoms with Gasteiger partial charge >= 0.3 is 0 Å². The van der Waals surface area contributed by atoms with Crippen molar-refractivity contribution in [1.82, 2.24) is 25.5 Å². The first-order valence-electron chi connectivity index (χ1n) is 9.59. The van der Waals surface area contributed by atoms with Crippen molar-refractivity contribution < 1.29 is 4.39 Å². The number of rotatable bonds is 5. The van der Waals surface area contributed by atoms with E-state index in [0.717, 1.165) is 48.4 Å². The van der Waals surface area contributed by atoms with Gasteiger partial charge in [-0.25, -0.2) is 9.37 Å². The van der Waals surface area contributed by atoms with Crippen LogP contribution >= 0.6 is 11.6 Å². The second kappa shape index (κ2) is 8.34. The van der Waals surface area contributed by atoms with Crippen LogP contribution < -0.4 is 16.0 Å². The van der Waals surface area contributed by atoms with Crippen LogP contribution in [-0.2, 0) is 0 Å². The highest BCUT2D eigenvalue weighted by atomic mass is 35.5. The molecule has 1 aliphatic heterocycles. The topological polar surface area (TPSA) is 90.6 Å². The fourth-order valence-electron chi connectivity index (χ4n) is 3.51. The molecular weight excluding hydrogens is 393 g/mol. The normalized spacial score (nSPS) is 14.8. The number of piperidine rings is 1. The zero-order chi connectivity index (χ0) is 20.4. The van der Waals surface area contributed by atoms with Crippen molar-refractivity contribution in [3.8, 4) is 0 Å². The van der Waals surface area contributed by atoms with Gasteiger partial charge < -0.3 is 16.0 Å². The van der Waals surface area contributed by atoms with Crippen molar-refractivity contribution in [2.24, 2.45) is 0 Å². The zero-order valence-corrected chi connectivity index (χ0v) is 17.1. The molecule has 4 rings (SSSR count). The first kappa shape index (κ1) is 19.6. The lowest BCUT2D eigenvalue weighted by atomic mass is 9.89. The van der Waals surface area contributed by atoms with Gasteiger partial charge in [-0.2, -0.15) is 10.1 Å². The standard InChI is InChI=1S/C20H23ClFN7/c1-11-7-16(22)14(13-3-5-23-6-4-13)9-17(11)25-20-24-10-15(21)19(27-20)26-18-8-12(2)28-29-18/h7-10,13,23H,3-6H2,1-2H3,(H3,24,25,26,27,28,29). The smallest absolute Gasteiger partial charge is 0.229 e. The van der Waals surface area contributed by atoms with Crippen LogP contribution in [0.15, 0.2) is 24.4 Å². The van der Waals surface area contributed by atoms with E-state index in [1.807, 2.05) is 26.0 Å². The van der Waals surface area contributed by atoms with Crippen molar-refractivity contribution in [2.45, 2.75) is 32.6 Å². The number of halogens is 2. The van der Waals surface area contributed by atoms with Crippen molar-refractivity contribution in [3.05, 3.63) is 52.1 Å². The summed E-state index contributed by atoms with van der Waals surface area (Å²) in [6.07, 6.45) is 3.37. The summed E-state index contributed by atoms with van der Waals surface area (Å²) in [4.78, 5) is 8.72. The molecule has 29 heavy (non-hydrogen) atoms. The van der Waals surface area contributed by atoms with Crippen LogP contribution in [-0.4, -0.2) is 33.3 Å². The van der Waals surface area contributed by atoms with Gasteiger partial charge in [0.25, 0.3) is 0 Å². The fourth-order valence-corrected chi connectivity index (χ4v) is 3.65. The summed E-state index contributed by atoms with van der Waals surface area (Å²) in [7, 11) is 0. The third-order valence-corrected chi connectivity index (χ3v) is 5.34. The lowest BCUT2D eigenvalue weighted by molar-refractivity contribution is 0.445. The molecule has 3 heterocycles. The summed E-state index contributed by atoms with van der Waals surface area (Å²) in [6, 6.07) is 5.30. The third kappa shape index (κ3) is 4.49. The molecule has 0 amide bonds. The maximum absolute atomic E-state index is 14.6. The predicted molar refractivity (Wildman–Crippen MR) is 113 cm³/mol. The number of hydrogen-bond acceptors (Lipinski definition) is 6. The second-order valence-electron chi connectivity index (χ2n) is 7.29. The molecule has 1 saturated heterocycles. The Morgan fingerprint density at radius 2 is 1.93 bits per heavy atom. The molecule has 0 unspecified atom stereocenters. The van der Waals surface area contributed by atoms with Gasteiger partial charge in [0.1, 0.15) is 10.8 Å². The van der Waals surface area contributed by atoms with Crippen molar-refractivity contribution in [2.75, 3.05) is 23.7 Å². The number of anilines is 4. The van der Waals surface area contributed by atoms with Gasteiger partial charge in [0, 0.05) is 17.4 Å². The number of aromatic amines is 1. The molecule has 152 valence electrons. The molecule has 0 bridgehead atoms. The molecule has 0 atom stereocenters. The Kier molecular flexibility index (Phi) is 5.64. The van der Waals surface area contributed by atoms with Crippen LogP contribution in [0, 0.1) is 19.7 Å². The maximum Gasteiger partial charge on any atom is 0.229 e. The van der Waals surface area contributed by atoms with Crippen LogP contribution in [0.2, 0.25) is 5.02 Å². The zero-order valence-electron chi connectivity index (χ0n) is 16.3. The third-order valence-electron chi connectivity index (χ3n) is 5.07. The Labute approximate surface area is 173 Å². The highest BCUT2D eigenvalue weighted by Crippen LogP contribution is 2.32. The number of H-pyrrole nitrogens is 1. The van der Waals surface area contributed by atoms with Gasteiger partial charge in [0.2, 0.25) is 5.95 Å². The van der Waals surface area contributed by atoms with Crippen LogP contribution in [0.4, 0.5) is 27.7 Å².